The zero-order valence-electron chi connectivity index (χ0n) is 12.7. The van der Waals surface area contributed by atoms with Crippen LogP contribution in [0.25, 0.3) is 22.4 Å². The number of carbonyl (C=O) groups excluding carboxylic acids is 1. The number of esters is 1. The Kier molecular flexibility index (Phi) is 4.10. The molecule has 1 aromatic heterocycles. The summed E-state index contributed by atoms with van der Waals surface area (Å²) in [6.45, 7) is 4.08. The fraction of sp³-hybridized carbons (Fsp3) is 0.111. The molecular formula is C18H16N2O3. The van der Waals surface area contributed by atoms with E-state index in [0.29, 0.717) is 23.5 Å². The third-order valence-electron chi connectivity index (χ3n) is 3.41. The Bertz CT molecular complexity index is 850. The zero-order chi connectivity index (χ0) is 16.2. The normalized spacial score (nSPS) is 10.5. The summed E-state index contributed by atoms with van der Waals surface area (Å²) in [4.78, 5) is 19.6. The van der Waals surface area contributed by atoms with Gasteiger partial charge < -0.3 is 14.5 Å². The predicted molar refractivity (Wildman–Crippen MR) is 88.6 cm³/mol. The van der Waals surface area contributed by atoms with E-state index in [4.69, 9.17) is 9.47 Å². The lowest BCUT2D eigenvalue weighted by Gasteiger charge is -2.03. The second-order valence-electron chi connectivity index (χ2n) is 4.90. The Morgan fingerprint density at radius 1 is 1.26 bits per heavy atom. The van der Waals surface area contributed by atoms with E-state index < -0.39 is 5.97 Å². The molecule has 3 aromatic rings. The molecule has 23 heavy (non-hydrogen) atoms. The van der Waals surface area contributed by atoms with Gasteiger partial charge in [0.25, 0.3) is 0 Å². The van der Waals surface area contributed by atoms with Crippen molar-refractivity contribution in [2.75, 3.05) is 13.7 Å². The lowest BCUT2D eigenvalue weighted by atomic mass is 10.2. The van der Waals surface area contributed by atoms with Crippen LogP contribution in [0, 0.1) is 0 Å². The average molecular weight is 308 g/mol. The number of aromatic amines is 1. The molecule has 116 valence electrons. The van der Waals surface area contributed by atoms with Gasteiger partial charge in [-0.05, 0) is 36.4 Å². The second kappa shape index (κ2) is 6.36. The van der Waals surface area contributed by atoms with Crippen molar-refractivity contribution in [3.8, 4) is 17.1 Å². The number of H-pyrrole nitrogens is 1. The number of rotatable bonds is 5. The molecule has 0 unspecified atom stereocenters. The van der Waals surface area contributed by atoms with E-state index >= 15 is 0 Å². The summed E-state index contributed by atoms with van der Waals surface area (Å²) in [6.07, 6.45) is 1.70. The van der Waals surface area contributed by atoms with Crippen LogP contribution in [0.15, 0.2) is 55.1 Å². The molecule has 0 aliphatic carbocycles. The first kappa shape index (κ1) is 14.8. The number of hydrogen-bond donors (Lipinski definition) is 1. The van der Waals surface area contributed by atoms with Gasteiger partial charge in [0.15, 0.2) is 0 Å². The summed E-state index contributed by atoms with van der Waals surface area (Å²) < 4.78 is 10.3. The molecule has 0 saturated heterocycles. The van der Waals surface area contributed by atoms with Gasteiger partial charge in [-0.25, -0.2) is 9.78 Å². The van der Waals surface area contributed by atoms with E-state index in [9.17, 15) is 4.79 Å². The topological polar surface area (TPSA) is 64.2 Å². The molecule has 5 heteroatoms. The highest BCUT2D eigenvalue weighted by Gasteiger charge is 2.14. The zero-order valence-corrected chi connectivity index (χ0v) is 12.7. The second-order valence-corrected chi connectivity index (χ2v) is 4.90. The molecule has 0 fully saturated rings. The summed E-state index contributed by atoms with van der Waals surface area (Å²) in [5, 5.41) is 0. The molecule has 0 bridgehead atoms. The average Bonchev–Trinajstić information content (AvgIpc) is 3.03. The number of nitrogens with zero attached hydrogens (tertiary/aromatic N) is 1. The van der Waals surface area contributed by atoms with Crippen LogP contribution < -0.4 is 4.74 Å². The number of ether oxygens (including phenoxy) is 2. The molecule has 0 radical (unpaired) electrons. The highest BCUT2D eigenvalue weighted by molar-refractivity contribution is 6.02. The molecule has 3 rings (SSSR count). The Hall–Kier alpha value is -3.08. The predicted octanol–water partition coefficient (Wildman–Crippen LogP) is 3.58. The van der Waals surface area contributed by atoms with Gasteiger partial charge in [0.1, 0.15) is 23.7 Å². The highest BCUT2D eigenvalue weighted by atomic mass is 16.5. The van der Waals surface area contributed by atoms with Crippen LogP contribution in [0.4, 0.5) is 0 Å². The van der Waals surface area contributed by atoms with Gasteiger partial charge >= 0.3 is 5.97 Å². The summed E-state index contributed by atoms with van der Waals surface area (Å²) in [5.41, 5.74) is 2.73. The number of nitrogens with one attached hydrogen (secondary N) is 1. The maximum atomic E-state index is 11.8. The van der Waals surface area contributed by atoms with Crippen molar-refractivity contribution >= 4 is 17.0 Å². The number of hydrogen-bond acceptors (Lipinski definition) is 4. The molecule has 5 nitrogen and oxygen atoms in total. The molecule has 1 heterocycles. The van der Waals surface area contributed by atoms with E-state index in [1.165, 1.54) is 7.11 Å². The van der Waals surface area contributed by atoms with Gasteiger partial charge in [0.05, 0.1) is 18.2 Å². The van der Waals surface area contributed by atoms with Crippen LogP contribution in [-0.4, -0.2) is 29.7 Å². The lowest BCUT2D eigenvalue weighted by Crippen LogP contribution is -2.01. The first-order valence-corrected chi connectivity index (χ1v) is 7.14. The number of methoxy groups -OCH3 is 1. The van der Waals surface area contributed by atoms with Gasteiger partial charge in [-0.3, -0.25) is 0 Å². The minimum atomic E-state index is -0.401. The molecule has 0 aliphatic rings. The van der Waals surface area contributed by atoms with Crippen molar-refractivity contribution in [3.05, 3.63) is 60.7 Å². The maximum Gasteiger partial charge on any atom is 0.340 e. The van der Waals surface area contributed by atoms with E-state index in [1.807, 2.05) is 30.3 Å². The number of fused-ring (bicyclic) bond motifs is 1. The molecule has 0 atom stereocenters. The molecule has 0 amide bonds. The van der Waals surface area contributed by atoms with Gasteiger partial charge in [-0.2, -0.15) is 0 Å². The highest BCUT2D eigenvalue weighted by Crippen LogP contribution is 2.25. The Labute approximate surface area is 133 Å². The molecule has 0 saturated carbocycles. The van der Waals surface area contributed by atoms with E-state index in [1.54, 1.807) is 18.2 Å². The van der Waals surface area contributed by atoms with Crippen LogP contribution in [0.5, 0.6) is 5.75 Å². The first-order chi connectivity index (χ1) is 11.2. The smallest absolute Gasteiger partial charge is 0.340 e. The quantitative estimate of drug-likeness (QED) is 0.578. The van der Waals surface area contributed by atoms with E-state index in [2.05, 4.69) is 16.5 Å². The number of para-hydroxylation sites is 1. The van der Waals surface area contributed by atoms with E-state index in [0.717, 1.165) is 16.8 Å². The molecule has 0 spiro atoms. The monoisotopic (exact) mass is 308 g/mol. The van der Waals surface area contributed by atoms with Crippen LogP contribution in [0.3, 0.4) is 0 Å². The van der Waals surface area contributed by atoms with Gasteiger partial charge in [0, 0.05) is 5.56 Å². The lowest BCUT2D eigenvalue weighted by molar-refractivity contribution is 0.0603. The summed E-state index contributed by atoms with van der Waals surface area (Å²) in [7, 11) is 1.36. The van der Waals surface area contributed by atoms with Crippen molar-refractivity contribution in [1.29, 1.82) is 0 Å². The molecule has 0 aliphatic heterocycles. The third kappa shape index (κ3) is 2.94. The molecule has 2 aromatic carbocycles. The number of benzene rings is 2. The minimum absolute atomic E-state index is 0.401. The van der Waals surface area contributed by atoms with Gasteiger partial charge in [0.2, 0.25) is 0 Å². The molecular weight excluding hydrogens is 292 g/mol. The Balaban J connectivity index is 1.97. The fourth-order valence-electron chi connectivity index (χ4n) is 2.31. The Morgan fingerprint density at radius 2 is 2.04 bits per heavy atom. The fourth-order valence-corrected chi connectivity index (χ4v) is 2.31. The largest absolute Gasteiger partial charge is 0.490 e. The van der Waals surface area contributed by atoms with Crippen LogP contribution >= 0.6 is 0 Å². The van der Waals surface area contributed by atoms with Crippen molar-refractivity contribution < 1.29 is 14.3 Å². The number of aromatic nitrogens is 2. The first-order valence-electron chi connectivity index (χ1n) is 7.14. The van der Waals surface area contributed by atoms with Crippen molar-refractivity contribution in [2.45, 2.75) is 0 Å². The van der Waals surface area contributed by atoms with Crippen LogP contribution in [0.1, 0.15) is 10.4 Å². The molecule has 1 N–H and O–H groups in total. The maximum absolute atomic E-state index is 11.8. The summed E-state index contributed by atoms with van der Waals surface area (Å²) >= 11 is 0. The van der Waals surface area contributed by atoms with Gasteiger partial charge in [-0.1, -0.05) is 18.7 Å². The van der Waals surface area contributed by atoms with Crippen LogP contribution in [-0.2, 0) is 4.74 Å². The van der Waals surface area contributed by atoms with Crippen LogP contribution in [0.2, 0.25) is 0 Å². The third-order valence-corrected chi connectivity index (χ3v) is 3.41. The number of imidazole rings is 1. The van der Waals surface area contributed by atoms with Crippen molar-refractivity contribution in [1.82, 2.24) is 9.97 Å². The van der Waals surface area contributed by atoms with Gasteiger partial charge in [-0.15, -0.1) is 0 Å². The standard InChI is InChI=1S/C18H16N2O3/c1-3-11-23-13-9-7-12(8-10-13)17-19-15-6-4-5-14(16(15)20-17)18(21)22-2/h3-10H,1,11H2,2H3,(H,19,20). The van der Waals surface area contributed by atoms with E-state index in [-0.39, 0.29) is 0 Å². The SMILES string of the molecule is C=CCOc1ccc(-c2nc3c(C(=O)OC)cccc3[nH]2)cc1. The number of carbonyl (C=O) groups is 1. The Morgan fingerprint density at radius 3 is 2.74 bits per heavy atom. The summed E-state index contributed by atoms with van der Waals surface area (Å²) in [6, 6.07) is 12.9. The summed E-state index contributed by atoms with van der Waals surface area (Å²) in [5.74, 6) is 1.05. The van der Waals surface area contributed by atoms with Crippen molar-refractivity contribution in [3.63, 3.8) is 0 Å². The minimum Gasteiger partial charge on any atom is -0.490 e. The van der Waals surface area contributed by atoms with Crippen molar-refractivity contribution in [2.24, 2.45) is 0 Å².